The quantitative estimate of drug-likeness (QED) is 0.272. The molecule has 0 spiro atoms. The minimum Gasteiger partial charge on any atom is -0.379 e. The van der Waals surface area contributed by atoms with Crippen molar-refractivity contribution in [3.63, 3.8) is 0 Å². The molecule has 0 aliphatic carbocycles. The lowest BCUT2D eigenvalue weighted by Crippen LogP contribution is -2.55. The van der Waals surface area contributed by atoms with Gasteiger partial charge in [-0.05, 0) is 55.6 Å². The molecule has 1 aromatic heterocycles. The van der Waals surface area contributed by atoms with Gasteiger partial charge >= 0.3 is 0 Å². The van der Waals surface area contributed by atoms with Gasteiger partial charge in [0.05, 0.1) is 36.4 Å². The molecule has 2 amide bonds. The van der Waals surface area contributed by atoms with Crippen LogP contribution in [-0.2, 0) is 16.0 Å². The van der Waals surface area contributed by atoms with Crippen LogP contribution in [0.4, 0.5) is 4.39 Å². The van der Waals surface area contributed by atoms with E-state index in [1.54, 1.807) is 29.2 Å². The Kier molecular flexibility index (Phi) is 12.0. The zero-order valence-corrected chi connectivity index (χ0v) is 28.3. The highest BCUT2D eigenvalue weighted by Crippen LogP contribution is 2.21. The normalized spacial score (nSPS) is 18.7. The van der Waals surface area contributed by atoms with Gasteiger partial charge < -0.3 is 30.1 Å². The molecule has 49 heavy (non-hydrogen) atoms. The zero-order valence-electron chi connectivity index (χ0n) is 28.3. The highest BCUT2D eigenvalue weighted by molar-refractivity contribution is 5.95. The van der Waals surface area contributed by atoms with E-state index >= 15 is 0 Å². The molecule has 3 fully saturated rings. The summed E-state index contributed by atoms with van der Waals surface area (Å²) in [5.41, 5.74) is 6.59. The van der Waals surface area contributed by atoms with Crippen LogP contribution in [0, 0.1) is 11.7 Å². The van der Waals surface area contributed by atoms with Crippen molar-refractivity contribution in [2.75, 3.05) is 105 Å². The van der Waals surface area contributed by atoms with Gasteiger partial charge in [0.2, 0.25) is 5.91 Å². The summed E-state index contributed by atoms with van der Waals surface area (Å²) in [5.74, 6) is -0.168. The molecule has 13 heteroatoms. The van der Waals surface area contributed by atoms with Gasteiger partial charge in [-0.1, -0.05) is 24.3 Å². The zero-order chi connectivity index (χ0) is 34.2. The van der Waals surface area contributed by atoms with Gasteiger partial charge in [0.15, 0.2) is 0 Å². The number of piperidine rings is 1. The fourth-order valence-electron chi connectivity index (χ4n) is 7.23. The molecule has 3 aliphatic heterocycles. The molecule has 3 saturated heterocycles. The average molecular weight is 677 g/mol. The number of nitrogens with zero attached hydrogens (tertiary/aromatic N) is 6. The number of hydrogen-bond donors (Lipinski definition) is 2. The first-order chi connectivity index (χ1) is 23.9. The van der Waals surface area contributed by atoms with Crippen molar-refractivity contribution in [1.29, 1.82) is 0 Å². The van der Waals surface area contributed by atoms with Crippen molar-refractivity contribution in [3.05, 3.63) is 75.5 Å². The van der Waals surface area contributed by atoms with E-state index in [-0.39, 0.29) is 22.9 Å². The third-order valence-corrected chi connectivity index (χ3v) is 10.2. The minimum absolute atomic E-state index is 0.00218. The lowest BCUT2D eigenvalue weighted by atomic mass is 9.96. The van der Waals surface area contributed by atoms with Crippen molar-refractivity contribution >= 4 is 22.6 Å². The molecule has 3 N–H and O–H groups in total. The predicted molar refractivity (Wildman–Crippen MR) is 186 cm³/mol. The summed E-state index contributed by atoms with van der Waals surface area (Å²) in [7, 11) is 0. The smallest absolute Gasteiger partial charge is 0.272 e. The molecular weight excluding hydrogens is 627 g/mol. The molecule has 264 valence electrons. The van der Waals surface area contributed by atoms with Crippen LogP contribution >= 0.6 is 0 Å². The molecule has 0 unspecified atom stereocenters. The molecule has 4 heterocycles. The van der Waals surface area contributed by atoms with Gasteiger partial charge in [-0.3, -0.25) is 19.3 Å². The Balaban J connectivity index is 0.926. The first-order valence-electron chi connectivity index (χ1n) is 17.6. The maximum atomic E-state index is 14.9. The summed E-state index contributed by atoms with van der Waals surface area (Å²) in [6, 6.07) is 11.7. The highest BCUT2D eigenvalue weighted by atomic mass is 19.1. The molecule has 0 saturated carbocycles. The van der Waals surface area contributed by atoms with Crippen LogP contribution in [0.2, 0.25) is 0 Å². The van der Waals surface area contributed by atoms with Crippen molar-refractivity contribution < 1.29 is 18.7 Å². The number of rotatable bonds is 12. The molecule has 6 rings (SSSR count). The number of H-pyrrole nitrogens is 1. The van der Waals surface area contributed by atoms with Gasteiger partial charge in [-0.2, -0.15) is 5.10 Å². The van der Waals surface area contributed by atoms with Crippen LogP contribution in [0.25, 0.3) is 10.8 Å². The van der Waals surface area contributed by atoms with Gasteiger partial charge in [-0.25, -0.2) is 9.49 Å². The van der Waals surface area contributed by atoms with E-state index < -0.39 is 5.82 Å². The van der Waals surface area contributed by atoms with E-state index in [1.807, 2.05) is 17.0 Å². The molecule has 0 radical (unpaired) electrons. The molecule has 12 nitrogen and oxygen atoms in total. The molecule has 2 aromatic carbocycles. The Morgan fingerprint density at radius 1 is 0.857 bits per heavy atom. The lowest BCUT2D eigenvalue weighted by Gasteiger charge is -2.40. The van der Waals surface area contributed by atoms with Crippen molar-refractivity contribution in [2.24, 2.45) is 11.7 Å². The van der Waals surface area contributed by atoms with E-state index in [9.17, 15) is 18.8 Å². The molecule has 0 atom stereocenters. The van der Waals surface area contributed by atoms with Gasteiger partial charge in [0.25, 0.3) is 11.5 Å². The van der Waals surface area contributed by atoms with Crippen molar-refractivity contribution in [3.8, 4) is 0 Å². The third kappa shape index (κ3) is 9.08. The lowest BCUT2D eigenvalue weighted by molar-refractivity contribution is -0.134. The van der Waals surface area contributed by atoms with Crippen LogP contribution < -0.4 is 11.3 Å². The van der Waals surface area contributed by atoms with E-state index in [1.165, 1.54) is 18.9 Å². The number of hydrogen-bond acceptors (Lipinski definition) is 9. The second-order valence-corrected chi connectivity index (χ2v) is 13.5. The van der Waals surface area contributed by atoms with E-state index in [4.69, 9.17) is 10.5 Å². The number of carbonyl (C=O) groups excluding carboxylic acids is 2. The van der Waals surface area contributed by atoms with Gasteiger partial charge in [0, 0.05) is 83.8 Å². The maximum Gasteiger partial charge on any atom is 0.272 e. The van der Waals surface area contributed by atoms with Crippen LogP contribution in [0.15, 0.2) is 47.3 Å². The fourth-order valence-corrected chi connectivity index (χ4v) is 7.23. The second-order valence-electron chi connectivity index (χ2n) is 13.5. The van der Waals surface area contributed by atoms with Crippen LogP contribution in [-0.4, -0.2) is 151 Å². The van der Waals surface area contributed by atoms with Gasteiger partial charge in [0.1, 0.15) is 5.82 Å². The van der Waals surface area contributed by atoms with E-state index in [0.717, 1.165) is 70.3 Å². The topological polar surface area (TPSA) is 131 Å². The standard InChI is InChI=1S/C36H49FN8O4/c37-32-6-5-28(24-33-29-3-1-2-4-30(29)35(47)40-39-33)23-31(32)36(48)45-18-16-44(17-19-45)34(46)26-43-14-12-42(13-15-43)25-27-7-10-41(11-8-27)20-22-49-21-9-38/h1-6,23,27H,7-22,24-26,38H2,(H,40,47). The van der Waals surface area contributed by atoms with Crippen LogP contribution in [0.3, 0.4) is 0 Å². The van der Waals surface area contributed by atoms with Crippen LogP contribution in [0.1, 0.15) is 34.5 Å². The number of nitrogens with one attached hydrogen (secondary N) is 1. The first-order valence-corrected chi connectivity index (χ1v) is 17.6. The summed E-state index contributed by atoms with van der Waals surface area (Å²) in [6.45, 7) is 12.0. The molecule has 0 bridgehead atoms. The Labute approximate surface area is 286 Å². The molecule has 3 aromatic rings. The van der Waals surface area contributed by atoms with Crippen LogP contribution in [0.5, 0.6) is 0 Å². The molecular formula is C36H49FN8O4. The number of benzene rings is 2. The summed E-state index contributed by atoms with van der Waals surface area (Å²) in [5, 5.41) is 8.00. The second kappa shape index (κ2) is 16.8. The van der Waals surface area contributed by atoms with Crippen molar-refractivity contribution in [1.82, 2.24) is 34.7 Å². The molecule has 3 aliphatic rings. The largest absolute Gasteiger partial charge is 0.379 e. The number of fused-ring (bicyclic) bond motifs is 1. The fraction of sp³-hybridized carbons (Fsp3) is 0.556. The Morgan fingerprint density at radius 3 is 2.29 bits per heavy atom. The summed E-state index contributed by atoms with van der Waals surface area (Å²) >= 11 is 0. The first kappa shape index (κ1) is 35.1. The Hall–Kier alpha value is -3.75. The number of piperazine rings is 2. The monoisotopic (exact) mass is 676 g/mol. The Morgan fingerprint density at radius 2 is 1.55 bits per heavy atom. The van der Waals surface area contributed by atoms with Gasteiger partial charge in [-0.15, -0.1) is 0 Å². The number of amides is 2. The number of halogens is 1. The number of carbonyl (C=O) groups is 2. The van der Waals surface area contributed by atoms with Crippen molar-refractivity contribution in [2.45, 2.75) is 19.3 Å². The number of aromatic nitrogens is 2. The number of ether oxygens (including phenoxy) is 1. The summed E-state index contributed by atoms with van der Waals surface area (Å²) in [4.78, 5) is 49.5. The van der Waals surface area contributed by atoms with E-state index in [2.05, 4.69) is 24.9 Å². The summed E-state index contributed by atoms with van der Waals surface area (Å²) in [6.07, 6.45) is 2.77. The average Bonchev–Trinajstić information content (AvgIpc) is 3.13. The minimum atomic E-state index is -0.583. The summed E-state index contributed by atoms with van der Waals surface area (Å²) < 4.78 is 20.5. The maximum absolute atomic E-state index is 14.9. The Bertz CT molecular complexity index is 1630. The SMILES string of the molecule is NCCOCCN1CCC(CN2CCN(CC(=O)N3CCN(C(=O)c4cc(Cc5n[nH]c(=O)c6ccccc56)ccc4F)CC3)CC2)CC1. The predicted octanol–water partition coefficient (Wildman–Crippen LogP) is 1.24. The highest BCUT2D eigenvalue weighted by Gasteiger charge is 2.29. The third-order valence-electron chi connectivity index (χ3n) is 10.2. The number of aromatic amines is 1. The van der Waals surface area contributed by atoms with E-state index in [0.29, 0.717) is 68.9 Å². The number of likely N-dealkylation sites (tertiary alicyclic amines) is 1. The number of nitrogens with two attached hydrogens (primary N) is 1.